The summed E-state index contributed by atoms with van der Waals surface area (Å²) in [6.07, 6.45) is 5.67. The fourth-order valence-electron chi connectivity index (χ4n) is 1.58. The summed E-state index contributed by atoms with van der Waals surface area (Å²) >= 11 is 3.44. The van der Waals surface area contributed by atoms with Crippen molar-refractivity contribution in [3.05, 3.63) is 47.1 Å². The first-order chi connectivity index (χ1) is 8.69. The number of β-amino-alcohol motifs (C(OH)–C–C–N with tert-alkyl or cyclic N) is 1. The lowest BCUT2D eigenvalue weighted by Crippen LogP contribution is -2.36. The average Bonchev–Trinajstić information content (AvgIpc) is 2.31. The van der Waals surface area contributed by atoms with Crippen molar-refractivity contribution in [2.75, 3.05) is 13.1 Å². The van der Waals surface area contributed by atoms with E-state index >= 15 is 0 Å². The Labute approximate surface area is 122 Å². The van der Waals surface area contributed by atoms with Crippen LogP contribution in [0.5, 0.6) is 0 Å². The Morgan fingerprint density at radius 3 is 2.74 bits per heavy atom. The van der Waals surface area contributed by atoms with Crippen molar-refractivity contribution in [1.82, 2.24) is 5.01 Å². The third kappa shape index (κ3) is 5.44. The van der Waals surface area contributed by atoms with Crippen LogP contribution >= 0.6 is 15.9 Å². The number of nitrogens with zero attached hydrogens (tertiary/aromatic N) is 2. The largest absolute Gasteiger partial charge is 0.397 e. The summed E-state index contributed by atoms with van der Waals surface area (Å²) in [7, 11) is 0. The van der Waals surface area contributed by atoms with Gasteiger partial charge in [-0.1, -0.05) is 35.2 Å². The number of hydrogen-bond acceptors (Lipinski definition) is 4. The molecule has 0 bridgehead atoms. The van der Waals surface area contributed by atoms with Gasteiger partial charge < -0.3 is 10.8 Å². The molecule has 104 valence electrons. The lowest BCUT2D eigenvalue weighted by molar-refractivity contribution is 0.0410. The zero-order chi connectivity index (χ0) is 14.6. The van der Waals surface area contributed by atoms with E-state index < -0.39 is 5.60 Å². The number of rotatable bonds is 3. The Balaban J connectivity index is 3.13. The van der Waals surface area contributed by atoms with Gasteiger partial charge in [-0.25, -0.2) is 0 Å². The highest BCUT2D eigenvalue weighted by Crippen LogP contribution is 2.15. The maximum Gasteiger partial charge on any atom is 0.112 e. The van der Waals surface area contributed by atoms with Gasteiger partial charge in [0, 0.05) is 4.48 Å². The van der Waals surface area contributed by atoms with E-state index in [1.165, 1.54) is 0 Å². The fraction of sp³-hybridized carbons (Fsp3) is 0.357. The van der Waals surface area contributed by atoms with Gasteiger partial charge in [0.15, 0.2) is 0 Å². The number of hydrazone groups is 1. The highest BCUT2D eigenvalue weighted by Gasteiger charge is 2.18. The van der Waals surface area contributed by atoms with Crippen LogP contribution in [0.2, 0.25) is 0 Å². The van der Waals surface area contributed by atoms with E-state index in [1.54, 1.807) is 18.9 Å². The Hall–Kier alpha value is -1.33. The van der Waals surface area contributed by atoms with Gasteiger partial charge in [-0.3, -0.25) is 5.01 Å². The van der Waals surface area contributed by atoms with Crippen LogP contribution in [0.25, 0.3) is 0 Å². The lowest BCUT2D eigenvalue weighted by atomic mass is 10.1. The number of halogens is 1. The number of allylic oxidation sites excluding steroid dienone is 4. The maximum atomic E-state index is 9.92. The summed E-state index contributed by atoms with van der Waals surface area (Å²) in [4.78, 5) is 0. The quantitative estimate of drug-likeness (QED) is 0.836. The van der Waals surface area contributed by atoms with Crippen molar-refractivity contribution in [3.63, 3.8) is 0 Å². The smallest absolute Gasteiger partial charge is 0.112 e. The van der Waals surface area contributed by atoms with Crippen LogP contribution in [-0.4, -0.2) is 34.5 Å². The zero-order valence-corrected chi connectivity index (χ0v) is 12.9. The van der Waals surface area contributed by atoms with Crippen molar-refractivity contribution in [2.45, 2.75) is 19.4 Å². The molecular formula is C14H20BrN3O. The first-order valence-electron chi connectivity index (χ1n) is 5.93. The fourth-order valence-corrected chi connectivity index (χ4v) is 1.86. The maximum absolute atomic E-state index is 9.92. The molecule has 0 fully saturated rings. The Kier molecular flexibility index (Phi) is 5.14. The summed E-state index contributed by atoms with van der Waals surface area (Å²) in [6.45, 7) is 12.1. The van der Waals surface area contributed by atoms with Crippen molar-refractivity contribution < 1.29 is 5.11 Å². The molecule has 1 aliphatic rings. The van der Waals surface area contributed by atoms with Crippen molar-refractivity contribution >= 4 is 21.6 Å². The molecule has 1 rings (SSSR count). The van der Waals surface area contributed by atoms with Crippen LogP contribution in [0, 0.1) is 0 Å². The molecule has 0 amide bonds. The van der Waals surface area contributed by atoms with Gasteiger partial charge in [0.05, 0.1) is 24.4 Å². The molecule has 4 nitrogen and oxygen atoms in total. The summed E-state index contributed by atoms with van der Waals surface area (Å²) in [6, 6.07) is 0. The lowest BCUT2D eigenvalue weighted by Gasteiger charge is -2.26. The van der Waals surface area contributed by atoms with Gasteiger partial charge in [-0.15, -0.1) is 0 Å². The standard InChI is InChI=1S/C14H20BrN3O/c1-10-5-6-12(15)7-8-18(9-14(3,4)19)17-13(10)11(2)16/h5-7,19H,1-2,8-9,16H2,3-4H3/b6-5-,12-7+,17-13+. The average molecular weight is 326 g/mol. The van der Waals surface area contributed by atoms with E-state index in [0.29, 0.717) is 30.1 Å². The minimum Gasteiger partial charge on any atom is -0.397 e. The topological polar surface area (TPSA) is 61.8 Å². The molecule has 0 spiro atoms. The van der Waals surface area contributed by atoms with E-state index in [4.69, 9.17) is 5.73 Å². The summed E-state index contributed by atoms with van der Waals surface area (Å²) < 4.78 is 0.925. The Bertz CT molecular complexity index is 470. The van der Waals surface area contributed by atoms with Crippen LogP contribution in [0.4, 0.5) is 0 Å². The van der Waals surface area contributed by atoms with E-state index in [0.717, 1.165) is 4.48 Å². The summed E-state index contributed by atoms with van der Waals surface area (Å²) in [5, 5.41) is 16.1. The normalized spacial score (nSPS) is 24.4. The molecule has 0 radical (unpaired) electrons. The molecule has 0 aromatic heterocycles. The molecule has 0 aromatic rings. The van der Waals surface area contributed by atoms with Crippen LogP contribution in [0.15, 0.2) is 52.2 Å². The monoisotopic (exact) mass is 325 g/mol. The third-order valence-corrected chi connectivity index (χ3v) is 2.95. The molecule has 0 aliphatic carbocycles. The molecule has 1 aliphatic heterocycles. The first-order valence-corrected chi connectivity index (χ1v) is 6.72. The SMILES string of the molecule is C=C(N)/C1=N/N(CC(C)(C)O)C/C=C(Br)\C=C/C1=C. The first kappa shape index (κ1) is 15.7. The van der Waals surface area contributed by atoms with E-state index in [1.807, 2.05) is 18.2 Å². The van der Waals surface area contributed by atoms with Crippen LogP contribution < -0.4 is 5.73 Å². The highest BCUT2D eigenvalue weighted by molar-refractivity contribution is 9.11. The summed E-state index contributed by atoms with van der Waals surface area (Å²) in [5.74, 6) is 0. The molecule has 5 heteroatoms. The number of hydrogen-bond donors (Lipinski definition) is 2. The van der Waals surface area contributed by atoms with Gasteiger partial charge >= 0.3 is 0 Å². The second kappa shape index (κ2) is 6.21. The number of aliphatic hydroxyl groups is 1. The van der Waals surface area contributed by atoms with Crippen LogP contribution in [-0.2, 0) is 0 Å². The van der Waals surface area contributed by atoms with Gasteiger partial charge in [0.25, 0.3) is 0 Å². The molecule has 1 heterocycles. The van der Waals surface area contributed by atoms with Crippen molar-refractivity contribution in [3.8, 4) is 0 Å². The molecule has 0 aromatic carbocycles. The van der Waals surface area contributed by atoms with Gasteiger partial charge in [0.2, 0.25) is 0 Å². The van der Waals surface area contributed by atoms with E-state index in [2.05, 4.69) is 34.2 Å². The van der Waals surface area contributed by atoms with E-state index in [-0.39, 0.29) is 0 Å². The van der Waals surface area contributed by atoms with Gasteiger partial charge in [-0.2, -0.15) is 5.10 Å². The highest BCUT2D eigenvalue weighted by atomic mass is 79.9. The third-order valence-electron chi connectivity index (χ3n) is 2.36. The predicted molar refractivity (Wildman–Crippen MR) is 83.9 cm³/mol. The summed E-state index contributed by atoms with van der Waals surface area (Å²) in [5.41, 5.74) is 6.47. The molecule has 0 unspecified atom stereocenters. The molecular weight excluding hydrogens is 306 g/mol. The number of nitrogens with two attached hydrogens (primary N) is 1. The van der Waals surface area contributed by atoms with E-state index in [9.17, 15) is 5.11 Å². The minimum atomic E-state index is -0.853. The zero-order valence-electron chi connectivity index (χ0n) is 11.4. The van der Waals surface area contributed by atoms with Crippen molar-refractivity contribution in [2.24, 2.45) is 10.8 Å². The second-order valence-electron chi connectivity index (χ2n) is 5.08. The molecule has 19 heavy (non-hydrogen) atoms. The minimum absolute atomic E-state index is 0.355. The molecule has 0 saturated heterocycles. The van der Waals surface area contributed by atoms with Gasteiger partial charge in [-0.05, 0) is 31.6 Å². The Morgan fingerprint density at radius 1 is 1.58 bits per heavy atom. The van der Waals surface area contributed by atoms with Crippen LogP contribution in [0.3, 0.4) is 0 Å². The second-order valence-corrected chi connectivity index (χ2v) is 6.00. The molecule has 3 N–H and O–H groups in total. The van der Waals surface area contributed by atoms with Gasteiger partial charge in [0.1, 0.15) is 5.71 Å². The van der Waals surface area contributed by atoms with Crippen LogP contribution in [0.1, 0.15) is 13.8 Å². The molecule has 0 atom stereocenters. The predicted octanol–water partition coefficient (Wildman–Crippen LogP) is 2.29. The Morgan fingerprint density at radius 2 is 2.21 bits per heavy atom. The van der Waals surface area contributed by atoms with Crippen molar-refractivity contribution in [1.29, 1.82) is 0 Å². The molecule has 0 saturated carbocycles.